The molecular formula is C9H20ClNO3S. The SMILES string of the molecule is CCCCS(=O)(=O)NCCC(Cl)COC. The molecule has 92 valence electrons. The smallest absolute Gasteiger partial charge is 0.211 e. The van der Waals surface area contributed by atoms with Crippen LogP contribution >= 0.6 is 11.6 Å². The first-order valence-electron chi connectivity index (χ1n) is 5.12. The predicted molar refractivity (Wildman–Crippen MR) is 62.8 cm³/mol. The highest BCUT2D eigenvalue weighted by Crippen LogP contribution is 2.01. The molecule has 1 N–H and O–H groups in total. The highest BCUT2D eigenvalue weighted by Gasteiger charge is 2.10. The zero-order valence-electron chi connectivity index (χ0n) is 9.33. The minimum Gasteiger partial charge on any atom is -0.383 e. The molecule has 0 aromatic rings. The molecule has 0 aromatic carbocycles. The normalized spacial score (nSPS) is 14.1. The van der Waals surface area contributed by atoms with E-state index < -0.39 is 10.0 Å². The number of nitrogens with one attached hydrogen (secondary N) is 1. The van der Waals surface area contributed by atoms with E-state index in [1.165, 1.54) is 0 Å². The topological polar surface area (TPSA) is 55.4 Å². The van der Waals surface area contributed by atoms with Gasteiger partial charge in [-0.05, 0) is 12.8 Å². The first kappa shape index (κ1) is 15.2. The zero-order chi connectivity index (χ0) is 11.7. The Kier molecular flexibility index (Phi) is 8.42. The average molecular weight is 258 g/mol. The third-order valence-corrected chi connectivity index (χ3v) is 3.71. The van der Waals surface area contributed by atoms with E-state index in [0.717, 1.165) is 6.42 Å². The van der Waals surface area contributed by atoms with Gasteiger partial charge in [0, 0.05) is 13.7 Å². The second-order valence-electron chi connectivity index (χ2n) is 3.41. The highest BCUT2D eigenvalue weighted by atomic mass is 35.5. The maximum atomic E-state index is 11.3. The van der Waals surface area contributed by atoms with Crippen LogP contribution < -0.4 is 4.72 Å². The maximum absolute atomic E-state index is 11.3. The highest BCUT2D eigenvalue weighted by molar-refractivity contribution is 7.89. The van der Waals surface area contributed by atoms with Gasteiger partial charge in [0.25, 0.3) is 0 Å². The van der Waals surface area contributed by atoms with E-state index in [1.54, 1.807) is 7.11 Å². The Morgan fingerprint density at radius 2 is 2.13 bits per heavy atom. The lowest BCUT2D eigenvalue weighted by Crippen LogP contribution is -2.29. The summed E-state index contributed by atoms with van der Waals surface area (Å²) in [4.78, 5) is 0. The largest absolute Gasteiger partial charge is 0.383 e. The number of halogens is 1. The Balaban J connectivity index is 3.65. The molecule has 0 saturated heterocycles. The van der Waals surface area contributed by atoms with Crippen LogP contribution in [0.1, 0.15) is 26.2 Å². The summed E-state index contributed by atoms with van der Waals surface area (Å²) < 4.78 is 30.0. The molecule has 6 heteroatoms. The lowest BCUT2D eigenvalue weighted by atomic mass is 10.3. The fraction of sp³-hybridized carbons (Fsp3) is 1.00. The minimum absolute atomic E-state index is 0.135. The van der Waals surface area contributed by atoms with Crippen LogP contribution in [-0.4, -0.2) is 39.8 Å². The molecule has 0 radical (unpaired) electrons. The molecule has 0 rings (SSSR count). The van der Waals surface area contributed by atoms with Crippen LogP contribution in [0.3, 0.4) is 0 Å². The Morgan fingerprint density at radius 1 is 1.47 bits per heavy atom. The molecule has 0 aliphatic carbocycles. The molecule has 0 amide bonds. The van der Waals surface area contributed by atoms with Gasteiger partial charge in [-0.2, -0.15) is 0 Å². The molecule has 0 aliphatic heterocycles. The molecule has 0 aliphatic rings. The molecule has 0 saturated carbocycles. The molecule has 15 heavy (non-hydrogen) atoms. The molecule has 0 heterocycles. The summed E-state index contributed by atoms with van der Waals surface area (Å²) in [5, 5.41) is -0.135. The van der Waals surface area contributed by atoms with Crippen molar-refractivity contribution in [1.82, 2.24) is 4.72 Å². The first-order valence-corrected chi connectivity index (χ1v) is 7.21. The van der Waals surface area contributed by atoms with Crippen LogP contribution in [0.2, 0.25) is 0 Å². The number of alkyl halides is 1. The summed E-state index contributed by atoms with van der Waals surface area (Å²) >= 11 is 5.85. The first-order chi connectivity index (χ1) is 7.02. The molecule has 1 atom stereocenters. The van der Waals surface area contributed by atoms with Gasteiger partial charge < -0.3 is 4.74 Å². The van der Waals surface area contributed by atoms with Gasteiger partial charge in [-0.3, -0.25) is 0 Å². The summed E-state index contributed by atoms with van der Waals surface area (Å²) in [7, 11) is -1.53. The Labute approximate surface area is 97.4 Å². The summed E-state index contributed by atoms with van der Waals surface area (Å²) in [5.74, 6) is 0.195. The van der Waals surface area contributed by atoms with Gasteiger partial charge >= 0.3 is 0 Å². The van der Waals surface area contributed by atoms with Gasteiger partial charge in [0.1, 0.15) is 0 Å². The quantitative estimate of drug-likeness (QED) is 0.635. The van der Waals surface area contributed by atoms with Crippen LogP contribution in [0.5, 0.6) is 0 Å². The summed E-state index contributed by atoms with van der Waals surface area (Å²) in [6, 6.07) is 0. The molecule has 0 bridgehead atoms. The zero-order valence-corrected chi connectivity index (χ0v) is 10.9. The average Bonchev–Trinajstić information content (AvgIpc) is 2.15. The van der Waals surface area contributed by atoms with Crippen LogP contribution in [-0.2, 0) is 14.8 Å². The third-order valence-electron chi connectivity index (χ3n) is 1.89. The van der Waals surface area contributed by atoms with E-state index in [9.17, 15) is 8.42 Å². The van der Waals surface area contributed by atoms with E-state index in [2.05, 4.69) is 4.72 Å². The Bertz CT molecular complexity index is 244. The molecule has 1 unspecified atom stereocenters. The van der Waals surface area contributed by atoms with E-state index in [1.807, 2.05) is 6.92 Å². The van der Waals surface area contributed by atoms with Crippen molar-refractivity contribution in [3.8, 4) is 0 Å². The van der Waals surface area contributed by atoms with Gasteiger partial charge in [0.05, 0.1) is 17.7 Å². The predicted octanol–water partition coefficient (Wildman–Crippen LogP) is 1.35. The van der Waals surface area contributed by atoms with Crippen molar-refractivity contribution in [1.29, 1.82) is 0 Å². The maximum Gasteiger partial charge on any atom is 0.211 e. The number of hydrogen-bond acceptors (Lipinski definition) is 3. The van der Waals surface area contributed by atoms with Gasteiger partial charge in [-0.25, -0.2) is 13.1 Å². The molecule has 0 spiro atoms. The number of unbranched alkanes of at least 4 members (excludes halogenated alkanes) is 1. The number of sulfonamides is 1. The van der Waals surface area contributed by atoms with Crippen molar-refractivity contribution in [2.75, 3.05) is 26.0 Å². The monoisotopic (exact) mass is 257 g/mol. The molecule has 0 aromatic heterocycles. The van der Waals surface area contributed by atoms with Crippen molar-refractivity contribution in [2.24, 2.45) is 0 Å². The van der Waals surface area contributed by atoms with Crippen molar-refractivity contribution in [3.05, 3.63) is 0 Å². The number of methoxy groups -OCH3 is 1. The number of ether oxygens (including phenoxy) is 1. The van der Waals surface area contributed by atoms with Crippen molar-refractivity contribution in [3.63, 3.8) is 0 Å². The summed E-state index contributed by atoms with van der Waals surface area (Å²) in [5.41, 5.74) is 0. The van der Waals surface area contributed by atoms with E-state index >= 15 is 0 Å². The van der Waals surface area contributed by atoms with Gasteiger partial charge in [0.15, 0.2) is 0 Å². The van der Waals surface area contributed by atoms with Crippen molar-refractivity contribution < 1.29 is 13.2 Å². The van der Waals surface area contributed by atoms with Gasteiger partial charge in [-0.15, -0.1) is 11.6 Å². The van der Waals surface area contributed by atoms with Crippen LogP contribution in [0.4, 0.5) is 0 Å². The van der Waals surface area contributed by atoms with E-state index in [0.29, 0.717) is 26.0 Å². The standard InChI is InChI=1S/C9H20ClNO3S/c1-3-4-7-15(12,13)11-6-5-9(10)8-14-2/h9,11H,3-8H2,1-2H3. The Hall–Kier alpha value is 0.160. The van der Waals surface area contributed by atoms with E-state index in [-0.39, 0.29) is 11.1 Å². The van der Waals surface area contributed by atoms with Crippen LogP contribution in [0.25, 0.3) is 0 Å². The minimum atomic E-state index is -3.10. The number of hydrogen-bond donors (Lipinski definition) is 1. The fourth-order valence-electron chi connectivity index (χ4n) is 1.04. The molecular weight excluding hydrogens is 238 g/mol. The lowest BCUT2D eigenvalue weighted by Gasteiger charge is -2.09. The lowest BCUT2D eigenvalue weighted by molar-refractivity contribution is 0.196. The molecule has 0 fully saturated rings. The summed E-state index contributed by atoms with van der Waals surface area (Å²) in [6.07, 6.45) is 2.15. The second kappa shape index (κ2) is 8.33. The molecule has 4 nitrogen and oxygen atoms in total. The van der Waals surface area contributed by atoms with Gasteiger partial charge in [-0.1, -0.05) is 13.3 Å². The van der Waals surface area contributed by atoms with Crippen molar-refractivity contribution in [2.45, 2.75) is 31.6 Å². The third kappa shape index (κ3) is 9.11. The fourth-order valence-corrected chi connectivity index (χ4v) is 2.52. The second-order valence-corrected chi connectivity index (χ2v) is 5.95. The van der Waals surface area contributed by atoms with Crippen molar-refractivity contribution >= 4 is 21.6 Å². The van der Waals surface area contributed by atoms with E-state index in [4.69, 9.17) is 16.3 Å². The summed E-state index contributed by atoms with van der Waals surface area (Å²) in [6.45, 7) is 2.78. The van der Waals surface area contributed by atoms with Gasteiger partial charge in [0.2, 0.25) is 10.0 Å². The Morgan fingerprint density at radius 3 is 2.67 bits per heavy atom. The van der Waals surface area contributed by atoms with Crippen LogP contribution in [0, 0.1) is 0 Å². The van der Waals surface area contributed by atoms with Crippen LogP contribution in [0.15, 0.2) is 0 Å². The number of rotatable bonds is 9.